The van der Waals surface area contributed by atoms with Crippen molar-refractivity contribution in [2.24, 2.45) is 5.92 Å². The summed E-state index contributed by atoms with van der Waals surface area (Å²) in [5.41, 5.74) is 1.27. The average Bonchev–Trinajstić information content (AvgIpc) is 2.39. The van der Waals surface area contributed by atoms with Crippen molar-refractivity contribution >= 4 is 17.4 Å². The van der Waals surface area contributed by atoms with Crippen LogP contribution in [0.4, 0.5) is 5.69 Å². The standard InChI is InChI=1S/C14H21NOS/c1-2-17-14-8-4-3-7-13(14)15-10-12-6-5-9-16-11-12/h3-4,7-8,12,15H,2,5-6,9-11H2,1H3. The monoisotopic (exact) mass is 251 g/mol. The zero-order valence-electron chi connectivity index (χ0n) is 10.4. The van der Waals surface area contributed by atoms with E-state index in [0.717, 1.165) is 25.5 Å². The fraction of sp³-hybridized carbons (Fsp3) is 0.571. The molecule has 94 valence electrons. The number of nitrogens with one attached hydrogen (secondary N) is 1. The molecule has 0 aromatic heterocycles. The van der Waals surface area contributed by atoms with Crippen LogP contribution in [0.3, 0.4) is 0 Å². The summed E-state index contributed by atoms with van der Waals surface area (Å²) < 4.78 is 5.50. The number of rotatable bonds is 5. The number of para-hydroxylation sites is 1. The Morgan fingerprint density at radius 3 is 3.06 bits per heavy atom. The Bertz CT molecular complexity index is 337. The van der Waals surface area contributed by atoms with Gasteiger partial charge in [-0.2, -0.15) is 0 Å². The van der Waals surface area contributed by atoms with Crippen molar-refractivity contribution < 1.29 is 4.74 Å². The minimum absolute atomic E-state index is 0.670. The molecule has 0 aliphatic carbocycles. The maximum Gasteiger partial charge on any atom is 0.0511 e. The van der Waals surface area contributed by atoms with E-state index in [9.17, 15) is 0 Å². The number of hydrogen-bond donors (Lipinski definition) is 1. The number of anilines is 1. The van der Waals surface area contributed by atoms with Crippen molar-refractivity contribution in [3.8, 4) is 0 Å². The van der Waals surface area contributed by atoms with E-state index in [-0.39, 0.29) is 0 Å². The molecule has 3 heteroatoms. The van der Waals surface area contributed by atoms with Crippen molar-refractivity contribution in [1.29, 1.82) is 0 Å². The highest BCUT2D eigenvalue weighted by Crippen LogP contribution is 2.27. The third-order valence-electron chi connectivity index (χ3n) is 3.02. The van der Waals surface area contributed by atoms with Crippen molar-refractivity contribution in [2.45, 2.75) is 24.7 Å². The van der Waals surface area contributed by atoms with E-state index in [1.165, 1.54) is 23.4 Å². The van der Waals surface area contributed by atoms with Gasteiger partial charge >= 0.3 is 0 Å². The lowest BCUT2D eigenvalue weighted by atomic mass is 10.0. The molecule has 0 spiro atoms. The summed E-state index contributed by atoms with van der Waals surface area (Å²) >= 11 is 1.89. The first kappa shape index (κ1) is 12.8. The lowest BCUT2D eigenvalue weighted by Crippen LogP contribution is -2.24. The lowest BCUT2D eigenvalue weighted by molar-refractivity contribution is 0.0595. The predicted octanol–water partition coefficient (Wildman–Crippen LogP) is 3.64. The van der Waals surface area contributed by atoms with Crippen molar-refractivity contribution in [2.75, 3.05) is 30.8 Å². The van der Waals surface area contributed by atoms with Gasteiger partial charge in [-0.15, -0.1) is 11.8 Å². The summed E-state index contributed by atoms with van der Waals surface area (Å²) in [6.45, 7) is 5.08. The van der Waals surface area contributed by atoms with Gasteiger partial charge in [-0.3, -0.25) is 0 Å². The summed E-state index contributed by atoms with van der Waals surface area (Å²) in [4.78, 5) is 1.35. The van der Waals surface area contributed by atoms with Gasteiger partial charge in [0.15, 0.2) is 0 Å². The Morgan fingerprint density at radius 2 is 2.29 bits per heavy atom. The predicted molar refractivity (Wildman–Crippen MR) is 74.9 cm³/mol. The first-order valence-corrected chi connectivity index (χ1v) is 7.42. The van der Waals surface area contributed by atoms with E-state index >= 15 is 0 Å². The smallest absolute Gasteiger partial charge is 0.0511 e. The van der Waals surface area contributed by atoms with Crippen LogP contribution in [0.15, 0.2) is 29.2 Å². The van der Waals surface area contributed by atoms with Crippen LogP contribution >= 0.6 is 11.8 Å². The molecule has 17 heavy (non-hydrogen) atoms. The molecule has 0 amide bonds. The normalized spacial score (nSPS) is 20.2. The average molecular weight is 251 g/mol. The Balaban J connectivity index is 1.88. The summed E-state index contributed by atoms with van der Waals surface area (Å²) in [5, 5.41) is 3.57. The van der Waals surface area contributed by atoms with Gasteiger partial charge < -0.3 is 10.1 Å². The van der Waals surface area contributed by atoms with Crippen LogP contribution in [0.5, 0.6) is 0 Å². The van der Waals surface area contributed by atoms with Crippen molar-refractivity contribution in [3.63, 3.8) is 0 Å². The second-order valence-corrected chi connectivity index (χ2v) is 5.70. The zero-order chi connectivity index (χ0) is 11.9. The lowest BCUT2D eigenvalue weighted by Gasteiger charge is -2.23. The topological polar surface area (TPSA) is 21.3 Å². The van der Waals surface area contributed by atoms with Crippen molar-refractivity contribution in [1.82, 2.24) is 0 Å². The van der Waals surface area contributed by atoms with Gasteiger partial charge in [0.25, 0.3) is 0 Å². The van der Waals surface area contributed by atoms with Crippen LogP contribution in [0.25, 0.3) is 0 Å². The molecule has 1 aromatic rings. The maximum atomic E-state index is 5.50. The molecular weight excluding hydrogens is 230 g/mol. The zero-order valence-corrected chi connectivity index (χ0v) is 11.3. The second-order valence-electron chi connectivity index (χ2n) is 4.39. The van der Waals surface area contributed by atoms with Crippen LogP contribution in [0.2, 0.25) is 0 Å². The van der Waals surface area contributed by atoms with E-state index in [2.05, 4.69) is 36.5 Å². The Kier molecular flexibility index (Phi) is 5.20. The molecule has 1 fully saturated rings. The first-order chi connectivity index (χ1) is 8.40. The van der Waals surface area contributed by atoms with Crippen LogP contribution in [-0.2, 0) is 4.74 Å². The highest BCUT2D eigenvalue weighted by atomic mass is 32.2. The van der Waals surface area contributed by atoms with Gasteiger partial charge in [-0.1, -0.05) is 19.1 Å². The third kappa shape index (κ3) is 3.93. The molecule has 1 N–H and O–H groups in total. The first-order valence-electron chi connectivity index (χ1n) is 6.43. The van der Waals surface area contributed by atoms with E-state index in [0.29, 0.717) is 5.92 Å². The summed E-state index contributed by atoms with van der Waals surface area (Å²) in [6, 6.07) is 8.56. The molecule has 0 radical (unpaired) electrons. The number of ether oxygens (including phenoxy) is 1. The fourth-order valence-electron chi connectivity index (χ4n) is 2.12. The molecule has 1 atom stereocenters. The third-order valence-corrected chi connectivity index (χ3v) is 3.98. The van der Waals surface area contributed by atoms with E-state index in [1.807, 2.05) is 11.8 Å². The molecule has 0 saturated carbocycles. The molecule has 0 bridgehead atoms. The summed E-state index contributed by atoms with van der Waals surface area (Å²) in [5.74, 6) is 1.79. The molecule has 1 heterocycles. The molecule has 1 saturated heterocycles. The number of thioether (sulfide) groups is 1. The molecule has 1 aliphatic rings. The van der Waals surface area contributed by atoms with E-state index in [4.69, 9.17) is 4.74 Å². The van der Waals surface area contributed by atoms with Crippen LogP contribution < -0.4 is 5.32 Å². The Hall–Kier alpha value is -0.670. The highest BCUT2D eigenvalue weighted by molar-refractivity contribution is 7.99. The van der Waals surface area contributed by atoms with E-state index in [1.54, 1.807) is 0 Å². The van der Waals surface area contributed by atoms with Gasteiger partial charge in [0.1, 0.15) is 0 Å². The molecule has 1 unspecified atom stereocenters. The molecule has 1 aromatic carbocycles. The largest absolute Gasteiger partial charge is 0.384 e. The molecular formula is C14H21NOS. The summed E-state index contributed by atoms with van der Waals surface area (Å²) in [7, 11) is 0. The van der Waals surface area contributed by atoms with Crippen LogP contribution in [-0.4, -0.2) is 25.5 Å². The number of hydrogen-bond acceptors (Lipinski definition) is 3. The van der Waals surface area contributed by atoms with Crippen LogP contribution in [0.1, 0.15) is 19.8 Å². The van der Waals surface area contributed by atoms with Gasteiger partial charge in [0, 0.05) is 23.7 Å². The molecule has 1 aliphatic heterocycles. The highest BCUT2D eigenvalue weighted by Gasteiger charge is 2.13. The maximum absolute atomic E-state index is 5.50. The SMILES string of the molecule is CCSc1ccccc1NCC1CCCOC1. The Labute approximate surface area is 108 Å². The van der Waals surface area contributed by atoms with Gasteiger partial charge in [-0.25, -0.2) is 0 Å². The second kappa shape index (κ2) is 6.92. The number of benzene rings is 1. The minimum Gasteiger partial charge on any atom is -0.384 e. The molecule has 2 rings (SSSR count). The quantitative estimate of drug-likeness (QED) is 0.807. The Morgan fingerprint density at radius 1 is 1.41 bits per heavy atom. The fourth-order valence-corrected chi connectivity index (χ4v) is 2.90. The van der Waals surface area contributed by atoms with Crippen molar-refractivity contribution in [3.05, 3.63) is 24.3 Å². The van der Waals surface area contributed by atoms with Gasteiger partial charge in [0.05, 0.1) is 6.61 Å². The minimum atomic E-state index is 0.670. The van der Waals surface area contributed by atoms with Gasteiger partial charge in [0.2, 0.25) is 0 Å². The summed E-state index contributed by atoms with van der Waals surface area (Å²) in [6.07, 6.45) is 2.49. The van der Waals surface area contributed by atoms with Crippen LogP contribution in [0, 0.1) is 5.92 Å². The van der Waals surface area contributed by atoms with E-state index < -0.39 is 0 Å². The molecule has 2 nitrogen and oxygen atoms in total. The van der Waals surface area contributed by atoms with Gasteiger partial charge in [-0.05, 0) is 36.6 Å².